The van der Waals surface area contributed by atoms with Crippen LogP contribution in [-0.2, 0) is 16.4 Å². The van der Waals surface area contributed by atoms with Crippen molar-refractivity contribution in [3.8, 4) is 17.0 Å². The van der Waals surface area contributed by atoms with Gasteiger partial charge in [0.25, 0.3) is 10.0 Å². The summed E-state index contributed by atoms with van der Waals surface area (Å²) in [5.41, 5.74) is 0.0286. The van der Waals surface area contributed by atoms with Gasteiger partial charge in [-0.3, -0.25) is 0 Å². The molecule has 0 aliphatic rings. The third-order valence-electron chi connectivity index (χ3n) is 3.89. The van der Waals surface area contributed by atoms with E-state index in [-0.39, 0.29) is 23.6 Å². The van der Waals surface area contributed by atoms with Crippen LogP contribution in [0.5, 0.6) is 5.75 Å². The number of halogens is 4. The number of aromatic nitrogens is 3. The van der Waals surface area contributed by atoms with Gasteiger partial charge in [-0.05, 0) is 12.1 Å². The zero-order valence-corrected chi connectivity index (χ0v) is 16.9. The molecule has 0 aliphatic carbocycles. The topological polar surface area (TPSA) is 85.6 Å². The summed E-state index contributed by atoms with van der Waals surface area (Å²) >= 11 is 5.88. The van der Waals surface area contributed by atoms with Gasteiger partial charge in [-0.1, -0.05) is 30.7 Å². The van der Waals surface area contributed by atoms with E-state index in [0.29, 0.717) is 10.6 Å². The summed E-state index contributed by atoms with van der Waals surface area (Å²) in [5, 5.41) is 4.03. The van der Waals surface area contributed by atoms with Crippen molar-refractivity contribution in [2.45, 2.75) is 24.5 Å². The summed E-state index contributed by atoms with van der Waals surface area (Å²) in [7, 11) is -3.01. The molecular formula is C17H16ClF3N4O3S. The number of nitrogens with zero attached hydrogens (tertiary/aromatic N) is 3. The predicted octanol–water partition coefficient (Wildman–Crippen LogP) is 3.46. The molecule has 3 aromatic rings. The normalized spacial score (nSPS) is 12.5. The van der Waals surface area contributed by atoms with Crippen molar-refractivity contribution in [1.29, 1.82) is 0 Å². The number of rotatable bonds is 6. The minimum absolute atomic E-state index is 0.0188. The summed E-state index contributed by atoms with van der Waals surface area (Å²) in [6.07, 6.45) is -6.20. The van der Waals surface area contributed by atoms with Gasteiger partial charge in [-0.15, -0.1) is 0 Å². The van der Waals surface area contributed by atoms with E-state index in [2.05, 4.69) is 14.8 Å². The molecule has 0 aliphatic heterocycles. The van der Waals surface area contributed by atoms with E-state index in [9.17, 15) is 21.6 Å². The smallest absolute Gasteiger partial charge is 0.394 e. The first-order valence-corrected chi connectivity index (χ1v) is 10.2. The highest BCUT2D eigenvalue weighted by Gasteiger charge is 2.36. The monoisotopic (exact) mass is 448 g/mol. The zero-order valence-electron chi connectivity index (χ0n) is 15.3. The number of sulfonamides is 1. The highest BCUT2D eigenvalue weighted by molar-refractivity contribution is 7.89. The first-order chi connectivity index (χ1) is 13.6. The van der Waals surface area contributed by atoms with Crippen LogP contribution in [0.4, 0.5) is 13.2 Å². The van der Waals surface area contributed by atoms with Gasteiger partial charge in [0, 0.05) is 23.2 Å². The van der Waals surface area contributed by atoms with E-state index in [1.165, 1.54) is 20.1 Å². The number of methoxy groups -OCH3 is 1. The molecule has 0 spiro atoms. The van der Waals surface area contributed by atoms with Crippen molar-refractivity contribution < 1.29 is 26.3 Å². The Morgan fingerprint density at radius 2 is 1.90 bits per heavy atom. The van der Waals surface area contributed by atoms with Crippen LogP contribution in [0, 0.1) is 0 Å². The lowest BCUT2D eigenvalue weighted by Crippen LogP contribution is -2.27. The van der Waals surface area contributed by atoms with E-state index in [4.69, 9.17) is 16.3 Å². The van der Waals surface area contributed by atoms with Crippen molar-refractivity contribution in [2.75, 3.05) is 13.7 Å². The number of fused-ring (bicyclic) bond motifs is 1. The van der Waals surface area contributed by atoms with Crippen LogP contribution in [0.3, 0.4) is 0 Å². The van der Waals surface area contributed by atoms with Gasteiger partial charge in [-0.25, -0.2) is 18.1 Å². The molecule has 0 atom stereocenters. The first-order valence-electron chi connectivity index (χ1n) is 8.34. The van der Waals surface area contributed by atoms with Gasteiger partial charge >= 0.3 is 6.18 Å². The standard InChI is InChI=1S/C17H16ClF3N4O3S/c1-3-22-29(26,27)16-13(9-17(19,20)21)23-15-14(28-2)8-12(24-25(15)16)10-4-6-11(18)7-5-10/h4-8,22H,3,9H2,1-2H3. The molecule has 0 bridgehead atoms. The second-order valence-corrected chi connectivity index (χ2v) is 8.12. The van der Waals surface area contributed by atoms with Gasteiger partial charge in [-0.2, -0.15) is 22.8 Å². The van der Waals surface area contributed by atoms with Crippen molar-refractivity contribution >= 4 is 27.3 Å². The first kappa shape index (κ1) is 21.3. The van der Waals surface area contributed by atoms with Crippen molar-refractivity contribution in [3.05, 3.63) is 41.0 Å². The maximum atomic E-state index is 13.1. The molecule has 156 valence electrons. The predicted molar refractivity (Wildman–Crippen MR) is 101 cm³/mol. The van der Waals surface area contributed by atoms with Crippen LogP contribution in [0.25, 0.3) is 16.9 Å². The van der Waals surface area contributed by atoms with Crippen molar-refractivity contribution in [3.63, 3.8) is 0 Å². The van der Waals surface area contributed by atoms with E-state index in [1.807, 2.05) is 0 Å². The van der Waals surface area contributed by atoms with E-state index >= 15 is 0 Å². The molecule has 0 radical (unpaired) electrons. The Hall–Kier alpha value is -2.37. The summed E-state index contributed by atoms with van der Waals surface area (Å²) in [4.78, 5) is 3.88. The number of hydrogen-bond acceptors (Lipinski definition) is 5. The highest BCUT2D eigenvalue weighted by Crippen LogP contribution is 2.32. The summed E-state index contributed by atoms with van der Waals surface area (Å²) in [5.74, 6) is 0.0753. The number of ether oxygens (including phenoxy) is 1. The molecule has 3 rings (SSSR count). The minimum Gasteiger partial charge on any atom is -0.493 e. The van der Waals surface area contributed by atoms with Gasteiger partial charge in [0.05, 0.1) is 24.9 Å². The molecule has 7 nitrogen and oxygen atoms in total. The lowest BCUT2D eigenvalue weighted by Gasteiger charge is -2.10. The molecule has 2 heterocycles. The van der Waals surface area contributed by atoms with Crippen LogP contribution >= 0.6 is 11.6 Å². The molecular weight excluding hydrogens is 433 g/mol. The number of nitrogens with one attached hydrogen (secondary N) is 1. The summed E-state index contributed by atoms with van der Waals surface area (Å²) in [6, 6.07) is 7.96. The van der Waals surface area contributed by atoms with Crippen molar-refractivity contribution in [1.82, 2.24) is 19.3 Å². The van der Waals surface area contributed by atoms with Crippen LogP contribution in [0.2, 0.25) is 5.02 Å². The number of imidazole rings is 1. The second-order valence-electron chi connectivity index (χ2n) is 6.00. The Balaban J connectivity index is 2.34. The molecule has 2 aromatic heterocycles. The number of alkyl halides is 3. The number of hydrogen-bond donors (Lipinski definition) is 1. The summed E-state index contributed by atoms with van der Waals surface area (Å²) in [6.45, 7) is 1.49. The maximum absolute atomic E-state index is 13.1. The second kappa shape index (κ2) is 7.81. The zero-order chi connectivity index (χ0) is 21.4. The van der Waals surface area contributed by atoms with E-state index < -0.39 is 33.3 Å². The largest absolute Gasteiger partial charge is 0.493 e. The van der Waals surface area contributed by atoms with Gasteiger partial charge in [0.1, 0.15) is 0 Å². The third-order valence-corrected chi connectivity index (χ3v) is 5.73. The quantitative estimate of drug-likeness (QED) is 0.624. The molecule has 0 amide bonds. The van der Waals surface area contributed by atoms with Crippen LogP contribution in [-0.4, -0.2) is 42.8 Å². The molecule has 0 unspecified atom stereocenters. The Morgan fingerprint density at radius 3 is 2.45 bits per heavy atom. The Labute approximate surface area is 169 Å². The lowest BCUT2D eigenvalue weighted by molar-refractivity contribution is -0.128. The molecule has 29 heavy (non-hydrogen) atoms. The van der Waals surface area contributed by atoms with Gasteiger partial charge < -0.3 is 4.74 Å². The molecule has 0 fully saturated rings. The highest BCUT2D eigenvalue weighted by atomic mass is 35.5. The fraction of sp³-hybridized carbons (Fsp3) is 0.294. The van der Waals surface area contributed by atoms with Gasteiger partial charge in [0.2, 0.25) is 0 Å². The number of benzene rings is 1. The maximum Gasteiger partial charge on any atom is 0.394 e. The lowest BCUT2D eigenvalue weighted by atomic mass is 10.1. The Bertz CT molecular complexity index is 1150. The molecule has 1 N–H and O–H groups in total. The average molecular weight is 449 g/mol. The SMILES string of the molecule is CCNS(=O)(=O)c1c(CC(F)(F)F)nc2c(OC)cc(-c3ccc(Cl)cc3)nn12. The van der Waals surface area contributed by atoms with Crippen LogP contribution < -0.4 is 9.46 Å². The van der Waals surface area contributed by atoms with E-state index in [0.717, 1.165) is 4.52 Å². The minimum atomic E-state index is -4.67. The molecule has 12 heteroatoms. The molecule has 1 aromatic carbocycles. The fourth-order valence-electron chi connectivity index (χ4n) is 2.76. The van der Waals surface area contributed by atoms with Crippen molar-refractivity contribution in [2.24, 2.45) is 0 Å². The molecule has 0 saturated carbocycles. The third kappa shape index (κ3) is 4.46. The average Bonchev–Trinajstić information content (AvgIpc) is 2.98. The Morgan fingerprint density at radius 1 is 1.24 bits per heavy atom. The Kier molecular flexibility index (Phi) is 5.74. The fourth-order valence-corrected chi connectivity index (χ4v) is 4.19. The van der Waals surface area contributed by atoms with Gasteiger partial charge in [0.15, 0.2) is 16.4 Å². The van der Waals surface area contributed by atoms with Crippen LogP contribution in [0.15, 0.2) is 35.4 Å². The van der Waals surface area contributed by atoms with Crippen LogP contribution in [0.1, 0.15) is 12.6 Å². The van der Waals surface area contributed by atoms with E-state index in [1.54, 1.807) is 24.3 Å². The summed E-state index contributed by atoms with van der Waals surface area (Å²) < 4.78 is 72.8. The molecule has 0 saturated heterocycles.